The number of hydrogen-bond acceptors (Lipinski definition) is 5. The molecule has 0 spiro atoms. The molecule has 1 heterocycles. The Labute approximate surface area is 155 Å². The van der Waals surface area contributed by atoms with Gasteiger partial charge < -0.3 is 10.1 Å². The number of thiophene rings is 1. The number of rotatable bonds is 6. The molecule has 0 aliphatic carbocycles. The second-order valence-corrected chi connectivity index (χ2v) is 7.92. The van der Waals surface area contributed by atoms with E-state index in [1.54, 1.807) is 48.5 Å². The average Bonchev–Trinajstić information content (AvgIpc) is 3.17. The number of carbonyl (C=O) groups excluding carboxylic acids is 1. The Morgan fingerprint density at radius 2 is 1.62 bits per heavy atom. The molecule has 2 N–H and O–H groups in total. The summed E-state index contributed by atoms with van der Waals surface area (Å²) in [5.74, 6) is 0.408. The molecule has 3 rings (SSSR count). The lowest BCUT2D eigenvalue weighted by Gasteiger charge is -2.10. The fourth-order valence-corrected chi connectivity index (χ4v) is 3.87. The second-order valence-electron chi connectivity index (χ2n) is 5.29. The van der Waals surface area contributed by atoms with Crippen molar-refractivity contribution >= 4 is 38.6 Å². The summed E-state index contributed by atoms with van der Waals surface area (Å²) in [5, 5.41) is 4.54. The molecule has 6 nitrogen and oxygen atoms in total. The van der Waals surface area contributed by atoms with E-state index >= 15 is 0 Å². The summed E-state index contributed by atoms with van der Waals surface area (Å²) in [6.07, 6.45) is 0. The first-order valence-electron chi connectivity index (χ1n) is 7.60. The molecule has 0 aliphatic heterocycles. The fraction of sp³-hybridized carbons (Fsp3) is 0.0556. The molecule has 134 valence electrons. The lowest BCUT2D eigenvalue weighted by Crippen LogP contribution is -2.13. The molecule has 0 atom stereocenters. The van der Waals surface area contributed by atoms with Crippen LogP contribution < -0.4 is 14.8 Å². The molecule has 0 saturated carbocycles. The number of amides is 1. The van der Waals surface area contributed by atoms with Crippen molar-refractivity contribution in [1.29, 1.82) is 0 Å². The zero-order valence-electron chi connectivity index (χ0n) is 13.8. The summed E-state index contributed by atoms with van der Waals surface area (Å²) in [5.41, 5.74) is 0.952. The Kier molecular flexibility index (Phi) is 5.24. The summed E-state index contributed by atoms with van der Waals surface area (Å²) in [6, 6.07) is 16.1. The molecule has 8 heteroatoms. The maximum atomic E-state index is 12.4. The van der Waals surface area contributed by atoms with Crippen LogP contribution in [-0.4, -0.2) is 21.4 Å². The molecule has 0 saturated heterocycles. The van der Waals surface area contributed by atoms with Crippen molar-refractivity contribution in [1.82, 2.24) is 0 Å². The molecule has 0 unspecified atom stereocenters. The number of ether oxygens (including phenoxy) is 1. The molecule has 26 heavy (non-hydrogen) atoms. The number of methoxy groups -OCH3 is 1. The van der Waals surface area contributed by atoms with Crippen molar-refractivity contribution in [2.24, 2.45) is 0 Å². The zero-order valence-corrected chi connectivity index (χ0v) is 15.4. The van der Waals surface area contributed by atoms with Crippen LogP contribution in [0.3, 0.4) is 0 Å². The number of carbonyl (C=O) groups is 1. The van der Waals surface area contributed by atoms with Gasteiger partial charge in [-0.1, -0.05) is 6.07 Å². The maximum absolute atomic E-state index is 12.4. The summed E-state index contributed by atoms with van der Waals surface area (Å²) >= 11 is 1.33. The monoisotopic (exact) mass is 388 g/mol. The number of nitrogens with one attached hydrogen (secondary N) is 2. The van der Waals surface area contributed by atoms with Crippen LogP contribution in [0.5, 0.6) is 5.75 Å². The van der Waals surface area contributed by atoms with E-state index in [9.17, 15) is 13.2 Å². The minimum Gasteiger partial charge on any atom is -0.497 e. The van der Waals surface area contributed by atoms with Crippen LogP contribution in [0.25, 0.3) is 0 Å². The number of benzene rings is 2. The van der Waals surface area contributed by atoms with E-state index in [1.165, 1.54) is 30.6 Å². The molecule has 3 aromatic rings. The summed E-state index contributed by atoms with van der Waals surface area (Å²) < 4.78 is 32.4. The van der Waals surface area contributed by atoms with Gasteiger partial charge in [-0.2, -0.15) is 0 Å². The smallest absolute Gasteiger partial charge is 0.265 e. The molecular formula is C18H16N2O4S2. The first-order chi connectivity index (χ1) is 12.5. The van der Waals surface area contributed by atoms with Crippen LogP contribution >= 0.6 is 11.3 Å². The van der Waals surface area contributed by atoms with E-state index < -0.39 is 10.0 Å². The predicted octanol–water partition coefficient (Wildman–Crippen LogP) is 3.81. The SMILES string of the molecule is COc1ccc(NS(=O)(=O)c2ccc(NC(=O)c3cccs3)cc2)cc1. The highest BCUT2D eigenvalue weighted by Gasteiger charge is 2.15. The first-order valence-corrected chi connectivity index (χ1v) is 9.96. The molecule has 0 fully saturated rings. The Hall–Kier alpha value is -2.84. The molecule has 1 aromatic heterocycles. The molecule has 0 radical (unpaired) electrons. The molecule has 2 aromatic carbocycles. The zero-order chi connectivity index (χ0) is 18.6. The molecular weight excluding hydrogens is 372 g/mol. The van der Waals surface area contributed by atoms with E-state index in [2.05, 4.69) is 10.0 Å². The minimum atomic E-state index is -3.72. The Balaban J connectivity index is 1.71. The van der Waals surface area contributed by atoms with Crippen LogP contribution in [0, 0.1) is 0 Å². The third kappa shape index (κ3) is 4.22. The highest BCUT2D eigenvalue weighted by atomic mass is 32.2. The van der Waals surface area contributed by atoms with Gasteiger partial charge in [0.25, 0.3) is 15.9 Å². The normalized spacial score (nSPS) is 11.0. The van der Waals surface area contributed by atoms with Crippen LogP contribution in [0.1, 0.15) is 9.67 Å². The Morgan fingerprint density at radius 3 is 2.19 bits per heavy atom. The standard InChI is InChI=1S/C18H16N2O4S2/c1-24-15-8-4-14(5-9-15)20-26(22,23)16-10-6-13(7-11-16)19-18(21)17-3-2-12-25-17/h2-12,20H,1H3,(H,19,21). The predicted molar refractivity (Wildman–Crippen MR) is 103 cm³/mol. The van der Waals surface area contributed by atoms with E-state index in [0.29, 0.717) is 22.0 Å². The van der Waals surface area contributed by atoms with E-state index in [1.807, 2.05) is 5.38 Å². The topological polar surface area (TPSA) is 84.5 Å². The van der Waals surface area contributed by atoms with Crippen LogP contribution in [-0.2, 0) is 10.0 Å². The van der Waals surface area contributed by atoms with Crippen LogP contribution in [0.2, 0.25) is 0 Å². The number of sulfonamides is 1. The highest BCUT2D eigenvalue weighted by Crippen LogP contribution is 2.21. The van der Waals surface area contributed by atoms with Gasteiger partial charge in [0.05, 0.1) is 16.9 Å². The third-order valence-electron chi connectivity index (χ3n) is 3.51. The van der Waals surface area contributed by atoms with Gasteiger partial charge in [-0.3, -0.25) is 9.52 Å². The van der Waals surface area contributed by atoms with Gasteiger partial charge in [0.1, 0.15) is 5.75 Å². The van der Waals surface area contributed by atoms with Crippen molar-refractivity contribution in [2.75, 3.05) is 17.1 Å². The third-order valence-corrected chi connectivity index (χ3v) is 5.78. The van der Waals surface area contributed by atoms with Gasteiger partial charge in [-0.25, -0.2) is 8.42 Å². The van der Waals surface area contributed by atoms with Crippen LogP contribution in [0.4, 0.5) is 11.4 Å². The molecule has 1 amide bonds. The second kappa shape index (κ2) is 7.59. The van der Waals surface area contributed by atoms with Gasteiger partial charge in [0.15, 0.2) is 0 Å². The Morgan fingerprint density at radius 1 is 0.962 bits per heavy atom. The minimum absolute atomic E-state index is 0.0995. The van der Waals surface area contributed by atoms with E-state index in [0.717, 1.165) is 0 Å². The van der Waals surface area contributed by atoms with Gasteiger partial charge in [0.2, 0.25) is 0 Å². The quantitative estimate of drug-likeness (QED) is 0.672. The lowest BCUT2D eigenvalue weighted by atomic mass is 10.3. The summed E-state index contributed by atoms with van der Waals surface area (Å²) in [7, 11) is -2.18. The molecule has 0 bridgehead atoms. The van der Waals surface area contributed by atoms with Crippen molar-refractivity contribution in [3.63, 3.8) is 0 Å². The average molecular weight is 388 g/mol. The summed E-state index contributed by atoms with van der Waals surface area (Å²) in [4.78, 5) is 12.7. The summed E-state index contributed by atoms with van der Waals surface area (Å²) in [6.45, 7) is 0. The van der Waals surface area contributed by atoms with E-state index in [4.69, 9.17) is 4.74 Å². The lowest BCUT2D eigenvalue weighted by molar-refractivity contribution is 0.103. The number of hydrogen-bond donors (Lipinski definition) is 2. The van der Waals surface area contributed by atoms with Gasteiger partial charge in [-0.15, -0.1) is 11.3 Å². The van der Waals surface area contributed by atoms with Crippen molar-refractivity contribution < 1.29 is 17.9 Å². The first kappa shape index (κ1) is 18.0. The van der Waals surface area contributed by atoms with Crippen molar-refractivity contribution in [3.8, 4) is 5.75 Å². The van der Waals surface area contributed by atoms with Gasteiger partial charge in [0, 0.05) is 11.4 Å². The number of anilines is 2. The van der Waals surface area contributed by atoms with Gasteiger partial charge >= 0.3 is 0 Å². The largest absolute Gasteiger partial charge is 0.497 e. The fourth-order valence-electron chi connectivity index (χ4n) is 2.19. The van der Waals surface area contributed by atoms with Crippen molar-refractivity contribution in [3.05, 3.63) is 70.9 Å². The maximum Gasteiger partial charge on any atom is 0.265 e. The molecule has 0 aliphatic rings. The van der Waals surface area contributed by atoms with Crippen molar-refractivity contribution in [2.45, 2.75) is 4.90 Å². The van der Waals surface area contributed by atoms with Crippen LogP contribution in [0.15, 0.2) is 70.9 Å². The van der Waals surface area contributed by atoms with Gasteiger partial charge in [-0.05, 0) is 60.0 Å². The highest BCUT2D eigenvalue weighted by molar-refractivity contribution is 7.92. The Bertz CT molecular complexity index is 981. The van der Waals surface area contributed by atoms with E-state index in [-0.39, 0.29) is 10.8 Å².